The molecule has 2 aromatic carbocycles. The number of aliphatic carboxylic acids is 1. The number of halogens is 2. The van der Waals surface area contributed by atoms with Crippen LogP contribution in [0.15, 0.2) is 53.3 Å². The fourth-order valence-corrected chi connectivity index (χ4v) is 3.63. The van der Waals surface area contributed by atoms with Gasteiger partial charge in [-0.1, -0.05) is 53.5 Å². The Morgan fingerprint density at radius 1 is 0.914 bits per heavy atom. The number of pyridine rings is 1. The van der Waals surface area contributed by atoms with Crippen LogP contribution in [0.3, 0.4) is 0 Å². The predicted octanol–water partition coefficient (Wildman–Crippen LogP) is 2.36. The fraction of sp³-hybridized carbons (Fsp3) is 0.130. The number of nitrogens with zero attached hydrogens (tertiary/aromatic N) is 1. The first kappa shape index (κ1) is 25.6. The lowest BCUT2D eigenvalue weighted by atomic mass is 10.1. The third kappa shape index (κ3) is 5.92. The van der Waals surface area contributed by atoms with Gasteiger partial charge in [0.25, 0.3) is 17.4 Å². The summed E-state index contributed by atoms with van der Waals surface area (Å²) < 4.78 is 0.685. The first-order valence-electron chi connectivity index (χ1n) is 10.0. The summed E-state index contributed by atoms with van der Waals surface area (Å²) in [6.07, 6.45) is 0. The highest BCUT2D eigenvalue weighted by Crippen LogP contribution is 2.30. The van der Waals surface area contributed by atoms with Gasteiger partial charge in [-0.2, -0.15) is 0 Å². The molecule has 2 amide bonds. The van der Waals surface area contributed by atoms with E-state index in [1.807, 2.05) is 5.32 Å². The first-order chi connectivity index (χ1) is 16.6. The van der Waals surface area contributed by atoms with Gasteiger partial charge >= 0.3 is 5.97 Å². The average molecular weight is 520 g/mol. The van der Waals surface area contributed by atoms with Crippen LogP contribution in [0.2, 0.25) is 10.0 Å². The second kappa shape index (κ2) is 10.9. The third-order valence-corrected chi connectivity index (χ3v) is 5.50. The Morgan fingerprint density at radius 3 is 2.26 bits per heavy atom. The van der Waals surface area contributed by atoms with Gasteiger partial charge in [0, 0.05) is 16.6 Å². The highest BCUT2D eigenvalue weighted by Gasteiger charge is 2.30. The van der Waals surface area contributed by atoms with Crippen LogP contribution >= 0.6 is 23.2 Å². The molecular formula is C23H19Cl2N3O7. The van der Waals surface area contributed by atoms with Crippen LogP contribution in [0.25, 0.3) is 0 Å². The van der Waals surface area contributed by atoms with Gasteiger partial charge in [-0.15, -0.1) is 0 Å². The van der Waals surface area contributed by atoms with E-state index < -0.39 is 52.6 Å². The van der Waals surface area contributed by atoms with E-state index in [-0.39, 0.29) is 18.1 Å². The minimum atomic E-state index is -1.40. The van der Waals surface area contributed by atoms with Gasteiger partial charge < -0.3 is 26.0 Å². The molecule has 0 aliphatic heterocycles. The van der Waals surface area contributed by atoms with E-state index >= 15 is 0 Å². The number of aromatic hydroxyl groups is 2. The molecule has 182 valence electrons. The lowest BCUT2D eigenvalue weighted by molar-refractivity contribution is -0.135. The van der Waals surface area contributed by atoms with Gasteiger partial charge in [0.05, 0.1) is 6.54 Å². The lowest BCUT2D eigenvalue weighted by Gasteiger charge is -2.17. The summed E-state index contributed by atoms with van der Waals surface area (Å²) in [5.74, 6) is -5.65. The van der Waals surface area contributed by atoms with Crippen molar-refractivity contribution in [2.45, 2.75) is 13.1 Å². The van der Waals surface area contributed by atoms with E-state index in [9.17, 15) is 29.4 Å². The van der Waals surface area contributed by atoms with Crippen molar-refractivity contribution in [2.24, 2.45) is 0 Å². The maximum atomic E-state index is 13.0. The van der Waals surface area contributed by atoms with Crippen molar-refractivity contribution >= 4 is 41.0 Å². The molecule has 0 aliphatic rings. The Morgan fingerprint density at radius 2 is 1.60 bits per heavy atom. The first-order valence-corrected chi connectivity index (χ1v) is 10.8. The highest BCUT2D eigenvalue weighted by molar-refractivity contribution is 6.31. The topological polar surface area (TPSA) is 158 Å². The number of rotatable bonds is 8. The van der Waals surface area contributed by atoms with Gasteiger partial charge in [0.1, 0.15) is 17.7 Å². The van der Waals surface area contributed by atoms with Gasteiger partial charge in [-0.25, -0.2) is 0 Å². The molecule has 0 aliphatic carbocycles. The molecule has 1 heterocycles. The van der Waals surface area contributed by atoms with Crippen LogP contribution < -0.4 is 16.2 Å². The Hall–Kier alpha value is -4.02. The number of hydrogen-bond donors (Lipinski definition) is 5. The zero-order valence-corrected chi connectivity index (χ0v) is 19.4. The molecule has 10 nitrogen and oxygen atoms in total. The fourth-order valence-electron chi connectivity index (χ4n) is 3.22. The number of carbonyl (C=O) groups is 3. The summed E-state index contributed by atoms with van der Waals surface area (Å²) in [6, 6.07) is 12.9. The molecule has 12 heteroatoms. The molecular weight excluding hydrogens is 501 g/mol. The van der Waals surface area contributed by atoms with Crippen LogP contribution in [0, 0.1) is 0 Å². The molecule has 0 unspecified atom stereocenters. The molecule has 0 spiro atoms. The maximum Gasteiger partial charge on any atom is 0.322 e. The van der Waals surface area contributed by atoms with E-state index in [0.717, 1.165) is 0 Å². The Kier molecular flexibility index (Phi) is 8.00. The molecule has 3 rings (SSSR count). The molecule has 3 aromatic rings. The zero-order valence-electron chi connectivity index (χ0n) is 17.9. The average Bonchev–Trinajstić information content (AvgIpc) is 2.80. The van der Waals surface area contributed by atoms with Crippen molar-refractivity contribution in [3.05, 3.63) is 91.2 Å². The van der Waals surface area contributed by atoms with Crippen LogP contribution in [0.5, 0.6) is 11.6 Å². The number of benzene rings is 2. The van der Waals surface area contributed by atoms with Crippen LogP contribution in [-0.4, -0.2) is 44.2 Å². The monoisotopic (exact) mass is 519 g/mol. The summed E-state index contributed by atoms with van der Waals surface area (Å²) >= 11 is 12.1. The Balaban J connectivity index is 2.08. The van der Waals surface area contributed by atoms with Crippen molar-refractivity contribution in [1.29, 1.82) is 0 Å². The summed E-state index contributed by atoms with van der Waals surface area (Å²) in [4.78, 5) is 49.4. The molecule has 0 radical (unpaired) electrons. The van der Waals surface area contributed by atoms with Crippen molar-refractivity contribution in [2.75, 3.05) is 6.54 Å². The van der Waals surface area contributed by atoms with Crippen LogP contribution in [-0.2, 0) is 17.9 Å². The predicted molar refractivity (Wildman–Crippen MR) is 127 cm³/mol. The quantitative estimate of drug-likeness (QED) is 0.305. The molecule has 0 saturated heterocycles. The van der Waals surface area contributed by atoms with Gasteiger partial charge in [0.15, 0.2) is 5.75 Å². The number of amides is 2. The molecule has 0 atom stereocenters. The minimum absolute atomic E-state index is 0.0531. The number of carboxylic acids is 1. The number of hydrogen-bond acceptors (Lipinski definition) is 6. The molecule has 0 saturated carbocycles. The van der Waals surface area contributed by atoms with Crippen LogP contribution in [0.1, 0.15) is 31.8 Å². The number of nitrogens with one attached hydrogen (secondary N) is 2. The largest absolute Gasteiger partial charge is 0.506 e. The molecule has 0 bridgehead atoms. The van der Waals surface area contributed by atoms with Crippen molar-refractivity contribution in [3.63, 3.8) is 0 Å². The molecule has 0 fully saturated rings. The molecule has 1 aromatic heterocycles. The highest BCUT2D eigenvalue weighted by atomic mass is 35.5. The summed E-state index contributed by atoms with van der Waals surface area (Å²) in [6.45, 7) is -1.25. The van der Waals surface area contributed by atoms with E-state index in [1.165, 1.54) is 0 Å². The van der Waals surface area contributed by atoms with Crippen LogP contribution in [0.4, 0.5) is 0 Å². The standard InChI is InChI=1S/C23H19Cl2N3O7/c24-14-6-3-4-12(8-14)9-26-20(32)17-19(31)18(21(33)27-10-16(29)30)23(35)28(22(17)34)11-13-5-1-2-7-15(13)25/h1-8,31,34H,9-11H2,(H,26,32)(H,27,33)(H,29,30). The van der Waals surface area contributed by atoms with Gasteiger partial charge in [0.2, 0.25) is 5.88 Å². The molecule has 5 N–H and O–H groups in total. The van der Waals surface area contributed by atoms with E-state index in [1.54, 1.807) is 48.5 Å². The normalized spacial score (nSPS) is 10.6. The minimum Gasteiger partial charge on any atom is -0.506 e. The number of aromatic nitrogens is 1. The van der Waals surface area contributed by atoms with Crippen molar-refractivity contribution in [1.82, 2.24) is 15.2 Å². The van der Waals surface area contributed by atoms with Gasteiger partial charge in [-0.3, -0.25) is 23.7 Å². The summed E-state index contributed by atoms with van der Waals surface area (Å²) in [7, 11) is 0. The zero-order chi connectivity index (χ0) is 25.7. The van der Waals surface area contributed by atoms with E-state index in [0.29, 0.717) is 20.7 Å². The third-order valence-electron chi connectivity index (χ3n) is 4.89. The SMILES string of the molecule is O=C(O)CNC(=O)c1c(O)c(C(=O)NCc2cccc(Cl)c2)c(O)n(Cc2ccccc2Cl)c1=O. The second-order valence-electron chi connectivity index (χ2n) is 7.29. The van der Waals surface area contributed by atoms with E-state index in [4.69, 9.17) is 28.3 Å². The second-order valence-corrected chi connectivity index (χ2v) is 8.14. The van der Waals surface area contributed by atoms with Gasteiger partial charge in [-0.05, 0) is 29.3 Å². The number of carbonyl (C=O) groups excluding carboxylic acids is 2. The van der Waals surface area contributed by atoms with Crippen molar-refractivity contribution in [3.8, 4) is 11.6 Å². The maximum absolute atomic E-state index is 13.0. The smallest absolute Gasteiger partial charge is 0.322 e. The van der Waals surface area contributed by atoms with E-state index in [2.05, 4.69) is 5.32 Å². The molecule has 35 heavy (non-hydrogen) atoms. The summed E-state index contributed by atoms with van der Waals surface area (Å²) in [5.41, 5.74) is -1.84. The Labute approximate surface area is 208 Å². The number of carboxylic acid groups (broad SMARTS) is 1. The van der Waals surface area contributed by atoms with Crippen molar-refractivity contribution < 1.29 is 29.7 Å². The lowest BCUT2D eigenvalue weighted by Crippen LogP contribution is -2.37. The summed E-state index contributed by atoms with van der Waals surface area (Å²) in [5, 5.41) is 35.4. The Bertz CT molecular complexity index is 1370.